The van der Waals surface area contributed by atoms with E-state index in [4.69, 9.17) is 10.2 Å². The Kier molecular flexibility index (Phi) is 4.21. The van der Waals surface area contributed by atoms with E-state index >= 15 is 0 Å². The molecule has 20 heavy (non-hydrogen) atoms. The van der Waals surface area contributed by atoms with Gasteiger partial charge in [-0.25, -0.2) is 13.1 Å². The quantitative estimate of drug-likeness (QED) is 0.783. The summed E-state index contributed by atoms with van der Waals surface area (Å²) in [5.74, 6) is 1.30. The van der Waals surface area contributed by atoms with Crippen molar-refractivity contribution in [3.8, 4) is 0 Å². The van der Waals surface area contributed by atoms with Gasteiger partial charge in [-0.3, -0.25) is 0 Å². The van der Waals surface area contributed by atoms with Crippen LogP contribution in [0.1, 0.15) is 24.3 Å². The molecule has 9 heteroatoms. The van der Waals surface area contributed by atoms with Crippen LogP contribution in [0.15, 0.2) is 21.7 Å². The largest absolute Gasteiger partial charge is 0.464 e. The topological polar surface area (TPSA) is 116 Å². The molecular formula is C11H17N5O3S. The van der Waals surface area contributed by atoms with Crippen LogP contribution in [-0.4, -0.2) is 23.2 Å². The van der Waals surface area contributed by atoms with Crippen LogP contribution in [0.3, 0.4) is 0 Å². The summed E-state index contributed by atoms with van der Waals surface area (Å²) < 4.78 is 33.9. The predicted octanol–water partition coefficient (Wildman–Crippen LogP) is 0.137. The number of sulfonamides is 1. The molecule has 0 fully saturated rings. The zero-order valence-electron chi connectivity index (χ0n) is 11.3. The van der Waals surface area contributed by atoms with Crippen molar-refractivity contribution in [1.29, 1.82) is 0 Å². The average molecular weight is 299 g/mol. The van der Waals surface area contributed by atoms with Crippen LogP contribution in [0.2, 0.25) is 0 Å². The second-order valence-corrected chi connectivity index (χ2v) is 5.93. The molecule has 2 aromatic rings. The number of nitrogens with one attached hydrogen (secondary N) is 1. The van der Waals surface area contributed by atoms with E-state index in [0.717, 1.165) is 0 Å². The Morgan fingerprint density at radius 1 is 1.50 bits per heavy atom. The number of aromatic nitrogens is 3. The summed E-state index contributed by atoms with van der Waals surface area (Å²) in [6.45, 7) is 4.41. The minimum Gasteiger partial charge on any atom is -0.464 e. The van der Waals surface area contributed by atoms with Gasteiger partial charge in [0.2, 0.25) is 10.0 Å². The Hall–Kier alpha value is -1.71. The van der Waals surface area contributed by atoms with E-state index in [0.29, 0.717) is 23.9 Å². The molecule has 110 valence electrons. The normalized spacial score (nSPS) is 11.9. The number of aryl methyl sites for hydroxylation is 2. The highest BCUT2D eigenvalue weighted by Gasteiger charge is 2.21. The van der Waals surface area contributed by atoms with Gasteiger partial charge in [-0.15, -0.1) is 10.2 Å². The van der Waals surface area contributed by atoms with Gasteiger partial charge in [0.1, 0.15) is 28.6 Å². The number of nitrogens with zero attached hydrogens (tertiary/aromatic N) is 3. The summed E-state index contributed by atoms with van der Waals surface area (Å²) >= 11 is 0. The zero-order valence-corrected chi connectivity index (χ0v) is 12.1. The summed E-state index contributed by atoms with van der Waals surface area (Å²) in [5.41, 5.74) is 5.43. The molecular weight excluding hydrogens is 282 g/mol. The van der Waals surface area contributed by atoms with Crippen molar-refractivity contribution in [1.82, 2.24) is 19.5 Å². The third-order valence-corrected chi connectivity index (χ3v) is 4.38. The van der Waals surface area contributed by atoms with Crippen molar-refractivity contribution in [2.24, 2.45) is 5.73 Å². The molecule has 0 aromatic carbocycles. The standard InChI is InChI=1S/C11H17N5O3S/c1-3-16-7-13-15-11(16)6-14-20(17,18)10-4-9(5-12)19-8(10)2/h4,7,14H,3,5-6,12H2,1-2H3. The fourth-order valence-corrected chi connectivity index (χ4v) is 2.99. The summed E-state index contributed by atoms with van der Waals surface area (Å²) in [7, 11) is -3.66. The molecule has 0 atom stereocenters. The lowest BCUT2D eigenvalue weighted by Gasteiger charge is -2.06. The molecule has 2 aromatic heterocycles. The van der Waals surface area contributed by atoms with Gasteiger partial charge >= 0.3 is 0 Å². The third kappa shape index (κ3) is 2.89. The maximum absolute atomic E-state index is 12.2. The second kappa shape index (κ2) is 5.73. The van der Waals surface area contributed by atoms with Crippen LogP contribution < -0.4 is 10.5 Å². The van der Waals surface area contributed by atoms with Crippen LogP contribution in [0.4, 0.5) is 0 Å². The van der Waals surface area contributed by atoms with E-state index in [-0.39, 0.29) is 18.0 Å². The molecule has 3 N–H and O–H groups in total. The molecule has 2 rings (SSSR count). The van der Waals surface area contributed by atoms with Gasteiger partial charge in [-0.2, -0.15) is 0 Å². The van der Waals surface area contributed by atoms with E-state index in [1.165, 1.54) is 6.07 Å². The lowest BCUT2D eigenvalue weighted by molar-refractivity contribution is 0.478. The Bertz CT molecular complexity index is 689. The van der Waals surface area contributed by atoms with Gasteiger partial charge in [0.05, 0.1) is 13.1 Å². The molecule has 0 amide bonds. The van der Waals surface area contributed by atoms with Crippen LogP contribution in [-0.2, 0) is 29.7 Å². The molecule has 2 heterocycles. The van der Waals surface area contributed by atoms with Crippen LogP contribution in [0, 0.1) is 6.92 Å². The zero-order chi connectivity index (χ0) is 14.8. The minimum absolute atomic E-state index is 0.0682. The maximum Gasteiger partial charge on any atom is 0.244 e. The van der Waals surface area contributed by atoms with Crippen molar-refractivity contribution >= 4 is 10.0 Å². The highest BCUT2D eigenvalue weighted by molar-refractivity contribution is 7.89. The second-order valence-electron chi connectivity index (χ2n) is 4.20. The lowest BCUT2D eigenvalue weighted by atomic mass is 10.4. The number of hydrogen-bond donors (Lipinski definition) is 2. The van der Waals surface area contributed by atoms with E-state index < -0.39 is 10.0 Å². The fourth-order valence-electron chi connectivity index (χ4n) is 1.81. The summed E-state index contributed by atoms with van der Waals surface area (Å²) in [5, 5.41) is 7.61. The summed E-state index contributed by atoms with van der Waals surface area (Å²) in [6.07, 6.45) is 1.55. The first-order chi connectivity index (χ1) is 9.47. The van der Waals surface area contributed by atoms with Gasteiger partial charge in [0, 0.05) is 12.6 Å². The van der Waals surface area contributed by atoms with Crippen molar-refractivity contribution in [3.63, 3.8) is 0 Å². The van der Waals surface area contributed by atoms with Gasteiger partial charge < -0.3 is 14.7 Å². The van der Waals surface area contributed by atoms with Gasteiger partial charge in [0.15, 0.2) is 0 Å². The first-order valence-corrected chi connectivity index (χ1v) is 7.62. The molecule has 0 saturated carbocycles. The SMILES string of the molecule is CCn1cnnc1CNS(=O)(=O)c1cc(CN)oc1C. The lowest BCUT2D eigenvalue weighted by Crippen LogP contribution is -2.25. The number of furan rings is 1. The Labute approximate surface area is 117 Å². The van der Waals surface area contributed by atoms with Crippen molar-refractivity contribution in [2.45, 2.75) is 38.4 Å². The van der Waals surface area contributed by atoms with Crippen molar-refractivity contribution in [3.05, 3.63) is 29.7 Å². The van der Waals surface area contributed by atoms with Gasteiger partial charge in [-0.1, -0.05) is 0 Å². The third-order valence-electron chi connectivity index (χ3n) is 2.87. The summed E-state index contributed by atoms with van der Waals surface area (Å²) in [4.78, 5) is 0.0977. The molecule has 0 saturated heterocycles. The van der Waals surface area contributed by atoms with E-state index in [2.05, 4.69) is 14.9 Å². The van der Waals surface area contributed by atoms with Crippen LogP contribution >= 0.6 is 0 Å². The molecule has 0 unspecified atom stereocenters. The Morgan fingerprint density at radius 2 is 2.25 bits per heavy atom. The molecule has 0 aliphatic carbocycles. The highest BCUT2D eigenvalue weighted by atomic mass is 32.2. The number of rotatable bonds is 6. The monoisotopic (exact) mass is 299 g/mol. The number of nitrogens with two attached hydrogens (primary N) is 1. The first kappa shape index (κ1) is 14.7. The Morgan fingerprint density at radius 3 is 2.85 bits per heavy atom. The Balaban J connectivity index is 2.17. The molecule has 0 spiro atoms. The minimum atomic E-state index is -3.66. The highest BCUT2D eigenvalue weighted by Crippen LogP contribution is 2.19. The summed E-state index contributed by atoms with van der Waals surface area (Å²) in [6, 6.07) is 1.43. The van der Waals surface area contributed by atoms with E-state index in [9.17, 15) is 8.42 Å². The van der Waals surface area contributed by atoms with Crippen LogP contribution in [0.25, 0.3) is 0 Å². The van der Waals surface area contributed by atoms with E-state index in [1.54, 1.807) is 17.8 Å². The molecule has 0 aliphatic rings. The molecule has 0 aliphatic heterocycles. The molecule has 8 nitrogen and oxygen atoms in total. The van der Waals surface area contributed by atoms with E-state index in [1.807, 2.05) is 6.92 Å². The average Bonchev–Trinajstić information content (AvgIpc) is 3.02. The van der Waals surface area contributed by atoms with Crippen molar-refractivity contribution < 1.29 is 12.8 Å². The maximum atomic E-state index is 12.2. The predicted molar refractivity (Wildman–Crippen MR) is 71.1 cm³/mol. The van der Waals surface area contributed by atoms with Gasteiger partial charge in [-0.05, 0) is 13.8 Å². The first-order valence-electron chi connectivity index (χ1n) is 6.13. The van der Waals surface area contributed by atoms with Crippen LogP contribution in [0.5, 0.6) is 0 Å². The molecule has 0 bridgehead atoms. The fraction of sp³-hybridized carbons (Fsp3) is 0.455. The van der Waals surface area contributed by atoms with Gasteiger partial charge in [0.25, 0.3) is 0 Å². The number of hydrogen-bond acceptors (Lipinski definition) is 6. The van der Waals surface area contributed by atoms with Crippen molar-refractivity contribution in [2.75, 3.05) is 0 Å². The smallest absolute Gasteiger partial charge is 0.244 e. The molecule has 0 radical (unpaired) electrons.